The molecule has 0 bridgehead atoms. The van der Waals surface area contributed by atoms with Crippen molar-refractivity contribution in [1.82, 2.24) is 19.2 Å². The van der Waals surface area contributed by atoms with Gasteiger partial charge in [-0.25, -0.2) is 18.9 Å². The molecule has 3 aromatic rings. The second kappa shape index (κ2) is 9.54. The van der Waals surface area contributed by atoms with Crippen LogP contribution in [0.2, 0.25) is 0 Å². The SMILES string of the molecule is CCCCc1ccc(NC(=O)Cn2nc3c(N4C[C@@H](C)C[C@H](C)C4)nccn3c2=O)cc1. The smallest absolute Gasteiger partial charge is 0.350 e. The van der Waals surface area contributed by atoms with E-state index in [0.717, 1.165) is 32.4 Å². The van der Waals surface area contributed by atoms with E-state index >= 15 is 0 Å². The number of hydrogen-bond acceptors (Lipinski definition) is 5. The fourth-order valence-corrected chi connectivity index (χ4v) is 4.57. The van der Waals surface area contributed by atoms with Crippen LogP contribution in [0.5, 0.6) is 0 Å². The first kappa shape index (κ1) is 22.0. The molecule has 0 radical (unpaired) electrons. The number of unbranched alkanes of at least 4 members (excludes halogenated alkanes) is 1. The quantitative estimate of drug-likeness (QED) is 0.614. The summed E-state index contributed by atoms with van der Waals surface area (Å²) in [4.78, 5) is 32.2. The number of hydrogen-bond donors (Lipinski definition) is 1. The fraction of sp³-hybridized carbons (Fsp3) is 0.500. The Balaban J connectivity index is 1.50. The first-order chi connectivity index (χ1) is 15.4. The number of piperidine rings is 1. The van der Waals surface area contributed by atoms with Crippen LogP contribution in [-0.2, 0) is 17.8 Å². The minimum absolute atomic E-state index is 0.148. The zero-order valence-corrected chi connectivity index (χ0v) is 19.1. The summed E-state index contributed by atoms with van der Waals surface area (Å²) in [5, 5.41) is 7.33. The molecule has 1 aliphatic heterocycles. The van der Waals surface area contributed by atoms with E-state index < -0.39 is 0 Å². The predicted molar refractivity (Wildman–Crippen MR) is 126 cm³/mol. The average Bonchev–Trinajstić information content (AvgIpc) is 3.08. The topological polar surface area (TPSA) is 84.5 Å². The summed E-state index contributed by atoms with van der Waals surface area (Å²) in [6.45, 7) is 8.24. The lowest BCUT2D eigenvalue weighted by atomic mass is 9.92. The van der Waals surface area contributed by atoms with E-state index in [1.54, 1.807) is 12.4 Å². The van der Waals surface area contributed by atoms with Crippen LogP contribution in [0.15, 0.2) is 41.5 Å². The van der Waals surface area contributed by atoms with Gasteiger partial charge in [0.25, 0.3) is 0 Å². The average molecular weight is 437 g/mol. The van der Waals surface area contributed by atoms with Gasteiger partial charge in [0.15, 0.2) is 5.82 Å². The molecule has 170 valence electrons. The van der Waals surface area contributed by atoms with Gasteiger partial charge in [0, 0.05) is 31.2 Å². The highest BCUT2D eigenvalue weighted by Crippen LogP contribution is 2.26. The van der Waals surface area contributed by atoms with Gasteiger partial charge in [-0.1, -0.05) is 39.3 Å². The molecule has 8 nitrogen and oxygen atoms in total. The van der Waals surface area contributed by atoms with E-state index in [0.29, 0.717) is 29.0 Å². The summed E-state index contributed by atoms with van der Waals surface area (Å²) in [5.41, 5.74) is 2.12. The van der Waals surface area contributed by atoms with Crippen molar-refractivity contribution in [1.29, 1.82) is 0 Å². The molecule has 3 heterocycles. The summed E-state index contributed by atoms with van der Waals surface area (Å²) in [5.74, 6) is 1.51. The molecule has 1 saturated heterocycles. The van der Waals surface area contributed by atoms with E-state index in [9.17, 15) is 9.59 Å². The van der Waals surface area contributed by atoms with Gasteiger partial charge in [0.2, 0.25) is 11.6 Å². The van der Waals surface area contributed by atoms with Gasteiger partial charge in [-0.15, -0.1) is 5.10 Å². The van der Waals surface area contributed by atoms with Gasteiger partial charge in [0.05, 0.1) is 0 Å². The highest BCUT2D eigenvalue weighted by molar-refractivity contribution is 5.90. The zero-order chi connectivity index (χ0) is 22.7. The third-order valence-electron chi connectivity index (χ3n) is 6.00. The third kappa shape index (κ3) is 4.84. The van der Waals surface area contributed by atoms with Crippen LogP contribution in [0.1, 0.15) is 45.6 Å². The van der Waals surface area contributed by atoms with Crippen LogP contribution in [0, 0.1) is 11.8 Å². The maximum absolute atomic E-state index is 12.9. The summed E-state index contributed by atoms with van der Waals surface area (Å²) in [6, 6.07) is 7.86. The van der Waals surface area contributed by atoms with Crippen LogP contribution < -0.4 is 15.9 Å². The number of benzene rings is 1. The van der Waals surface area contributed by atoms with Crippen molar-refractivity contribution in [3.63, 3.8) is 0 Å². The molecule has 1 aliphatic rings. The monoisotopic (exact) mass is 436 g/mol. The fourth-order valence-electron chi connectivity index (χ4n) is 4.57. The highest BCUT2D eigenvalue weighted by Gasteiger charge is 2.25. The van der Waals surface area contributed by atoms with Crippen molar-refractivity contribution >= 4 is 23.1 Å². The Morgan fingerprint density at radius 1 is 1.16 bits per heavy atom. The van der Waals surface area contributed by atoms with E-state index in [4.69, 9.17) is 0 Å². The molecule has 0 aliphatic carbocycles. The Kier molecular flexibility index (Phi) is 6.58. The lowest BCUT2D eigenvalue weighted by molar-refractivity contribution is -0.117. The number of carbonyl (C=O) groups excluding carboxylic acids is 1. The summed E-state index contributed by atoms with van der Waals surface area (Å²) in [7, 11) is 0. The minimum Gasteiger partial charge on any atom is -0.353 e. The lowest BCUT2D eigenvalue weighted by Gasteiger charge is -2.35. The number of rotatable bonds is 7. The Labute approximate surface area is 188 Å². The molecule has 1 fully saturated rings. The third-order valence-corrected chi connectivity index (χ3v) is 6.00. The van der Waals surface area contributed by atoms with Gasteiger partial charge in [-0.05, 0) is 48.8 Å². The number of nitrogens with one attached hydrogen (secondary N) is 1. The second-order valence-electron chi connectivity index (χ2n) is 9.08. The standard InChI is InChI=1S/C24H32N6O2/c1-4-5-6-19-7-9-20(10-8-19)26-21(31)16-30-24(32)29-12-11-25-22(23(29)27-30)28-14-17(2)13-18(3)15-28/h7-12,17-18H,4-6,13-16H2,1-3H3,(H,26,31)/t17-,18-/m0/s1. The Hall–Kier alpha value is -3.16. The van der Waals surface area contributed by atoms with E-state index in [2.05, 4.69) is 41.1 Å². The maximum Gasteiger partial charge on any atom is 0.350 e. The number of aryl methyl sites for hydroxylation is 1. The molecule has 2 aromatic heterocycles. The molecule has 1 aromatic carbocycles. The van der Waals surface area contributed by atoms with Crippen LogP contribution >= 0.6 is 0 Å². The van der Waals surface area contributed by atoms with Gasteiger partial charge in [-0.3, -0.25) is 4.79 Å². The van der Waals surface area contributed by atoms with Crippen molar-refractivity contribution in [2.45, 2.75) is 53.0 Å². The lowest BCUT2D eigenvalue weighted by Crippen LogP contribution is -2.39. The molecular weight excluding hydrogens is 404 g/mol. The first-order valence-corrected chi connectivity index (χ1v) is 11.5. The van der Waals surface area contributed by atoms with Gasteiger partial charge in [-0.2, -0.15) is 0 Å². The van der Waals surface area contributed by atoms with Crippen molar-refractivity contribution in [3.8, 4) is 0 Å². The van der Waals surface area contributed by atoms with Crippen LogP contribution in [0.3, 0.4) is 0 Å². The maximum atomic E-state index is 12.9. The molecule has 2 atom stereocenters. The van der Waals surface area contributed by atoms with Crippen molar-refractivity contribution < 1.29 is 4.79 Å². The Morgan fingerprint density at radius 2 is 1.88 bits per heavy atom. The summed E-state index contributed by atoms with van der Waals surface area (Å²) in [6.07, 6.45) is 7.75. The largest absolute Gasteiger partial charge is 0.353 e. The van der Waals surface area contributed by atoms with E-state index in [1.807, 2.05) is 24.3 Å². The van der Waals surface area contributed by atoms with E-state index in [1.165, 1.54) is 21.1 Å². The van der Waals surface area contributed by atoms with Crippen LogP contribution in [0.25, 0.3) is 5.65 Å². The molecule has 8 heteroatoms. The van der Waals surface area contributed by atoms with Gasteiger partial charge in [0.1, 0.15) is 6.54 Å². The molecular formula is C24H32N6O2. The number of amides is 1. The van der Waals surface area contributed by atoms with Crippen LogP contribution in [0.4, 0.5) is 11.5 Å². The molecule has 4 rings (SSSR count). The zero-order valence-electron chi connectivity index (χ0n) is 19.1. The minimum atomic E-state index is -0.341. The molecule has 0 saturated carbocycles. The molecule has 1 amide bonds. The van der Waals surface area contributed by atoms with E-state index in [-0.39, 0.29) is 18.1 Å². The molecule has 1 N–H and O–H groups in total. The molecule has 32 heavy (non-hydrogen) atoms. The number of aromatic nitrogens is 4. The number of fused-ring (bicyclic) bond motifs is 1. The molecule has 0 unspecified atom stereocenters. The molecule has 0 spiro atoms. The van der Waals surface area contributed by atoms with Crippen molar-refractivity contribution in [2.24, 2.45) is 11.8 Å². The summed E-state index contributed by atoms with van der Waals surface area (Å²) < 4.78 is 2.68. The number of nitrogens with zero attached hydrogens (tertiary/aromatic N) is 5. The Bertz CT molecular complexity index is 1120. The van der Waals surface area contributed by atoms with Crippen molar-refractivity contribution in [2.75, 3.05) is 23.3 Å². The second-order valence-corrected chi connectivity index (χ2v) is 9.08. The van der Waals surface area contributed by atoms with Crippen LogP contribution in [-0.4, -0.2) is 38.2 Å². The van der Waals surface area contributed by atoms with Gasteiger partial charge < -0.3 is 10.2 Å². The normalized spacial score (nSPS) is 18.8. The summed E-state index contributed by atoms with van der Waals surface area (Å²) >= 11 is 0. The number of anilines is 2. The Morgan fingerprint density at radius 3 is 2.56 bits per heavy atom. The number of carbonyl (C=O) groups is 1. The predicted octanol–water partition coefficient (Wildman–Crippen LogP) is 3.35. The first-order valence-electron chi connectivity index (χ1n) is 11.5. The van der Waals surface area contributed by atoms with Gasteiger partial charge >= 0.3 is 5.69 Å². The van der Waals surface area contributed by atoms with Crippen molar-refractivity contribution in [3.05, 3.63) is 52.7 Å². The highest BCUT2D eigenvalue weighted by atomic mass is 16.2.